The van der Waals surface area contributed by atoms with Gasteiger partial charge in [0.15, 0.2) is 0 Å². The average molecular weight is 292 g/mol. The molecule has 0 unspecified atom stereocenters. The van der Waals surface area contributed by atoms with Crippen LogP contribution in [0.4, 0.5) is 8.78 Å². The molecule has 0 spiro atoms. The van der Waals surface area contributed by atoms with Crippen LogP contribution in [-0.4, -0.2) is 12.1 Å². The van der Waals surface area contributed by atoms with E-state index >= 15 is 0 Å². The van der Waals surface area contributed by atoms with Gasteiger partial charge in [0.25, 0.3) is 6.43 Å². The van der Waals surface area contributed by atoms with Gasteiger partial charge in [0.1, 0.15) is 16.5 Å². The number of nitrogens with zero attached hydrogens (tertiary/aromatic N) is 1. The molecule has 102 valence electrons. The van der Waals surface area contributed by atoms with Crippen molar-refractivity contribution in [3.8, 4) is 22.9 Å². The lowest BCUT2D eigenvalue weighted by Crippen LogP contribution is -1.96. The molecule has 1 aromatic heterocycles. The lowest BCUT2D eigenvalue weighted by atomic mass is 10.0. The summed E-state index contributed by atoms with van der Waals surface area (Å²) in [5, 5.41) is 9.16. The van der Waals surface area contributed by atoms with E-state index in [1.807, 2.05) is 6.07 Å². The second-order valence-electron chi connectivity index (χ2n) is 3.99. The first-order valence-electron chi connectivity index (χ1n) is 5.66. The molecule has 20 heavy (non-hydrogen) atoms. The van der Waals surface area contributed by atoms with Gasteiger partial charge in [-0.1, -0.05) is 24.4 Å². The second kappa shape index (κ2) is 5.80. The molecule has 0 atom stereocenters. The fourth-order valence-electron chi connectivity index (χ4n) is 1.83. The number of H-pyrrole nitrogens is 1. The van der Waals surface area contributed by atoms with Gasteiger partial charge in [-0.3, -0.25) is 0 Å². The first-order valence-corrected chi connectivity index (χ1v) is 6.07. The summed E-state index contributed by atoms with van der Waals surface area (Å²) in [5.74, 6) is 0.573. The normalized spacial score (nSPS) is 10.3. The monoisotopic (exact) mass is 292 g/mol. The molecule has 1 heterocycles. The second-order valence-corrected chi connectivity index (χ2v) is 4.40. The molecule has 0 radical (unpaired) electrons. The maximum Gasteiger partial charge on any atom is 0.278 e. The minimum absolute atomic E-state index is 0.00289. The summed E-state index contributed by atoms with van der Waals surface area (Å²) in [6.45, 7) is 0. The van der Waals surface area contributed by atoms with E-state index in [2.05, 4.69) is 4.98 Å². The van der Waals surface area contributed by atoms with Gasteiger partial charge in [-0.05, 0) is 23.8 Å². The standard InChI is InChI=1S/C14H10F2N2OS/c1-19-9-4-2-3-8(5-9)10-6-12(13(15)16)18-14(20)11(10)7-17/h2-6,13H,1H3,(H,18,20). The fourth-order valence-corrected chi connectivity index (χ4v) is 2.10. The summed E-state index contributed by atoms with van der Waals surface area (Å²) < 4.78 is 30.8. The van der Waals surface area contributed by atoms with E-state index in [0.717, 1.165) is 0 Å². The van der Waals surface area contributed by atoms with Gasteiger partial charge in [-0.2, -0.15) is 5.26 Å². The third-order valence-corrected chi connectivity index (χ3v) is 3.09. The van der Waals surface area contributed by atoms with Gasteiger partial charge in [-0.25, -0.2) is 8.78 Å². The van der Waals surface area contributed by atoms with Crippen molar-refractivity contribution in [1.29, 1.82) is 5.26 Å². The number of pyridine rings is 1. The molecule has 6 heteroatoms. The van der Waals surface area contributed by atoms with Crippen molar-refractivity contribution in [2.75, 3.05) is 7.11 Å². The van der Waals surface area contributed by atoms with Crippen LogP contribution in [0, 0.1) is 16.0 Å². The Kier molecular flexibility index (Phi) is 4.11. The zero-order chi connectivity index (χ0) is 14.7. The van der Waals surface area contributed by atoms with Crippen molar-refractivity contribution in [2.24, 2.45) is 0 Å². The Morgan fingerprint density at radius 3 is 2.70 bits per heavy atom. The molecule has 1 aromatic carbocycles. The molecule has 0 amide bonds. The van der Waals surface area contributed by atoms with E-state index in [4.69, 9.17) is 22.2 Å². The maximum atomic E-state index is 12.8. The molecule has 0 aliphatic heterocycles. The van der Waals surface area contributed by atoms with E-state index in [1.165, 1.54) is 13.2 Å². The molecule has 2 aromatic rings. The van der Waals surface area contributed by atoms with Crippen LogP contribution in [0.3, 0.4) is 0 Å². The number of nitriles is 1. The zero-order valence-corrected chi connectivity index (χ0v) is 11.3. The third-order valence-electron chi connectivity index (χ3n) is 2.78. The molecule has 0 fully saturated rings. The lowest BCUT2D eigenvalue weighted by Gasteiger charge is -2.09. The quantitative estimate of drug-likeness (QED) is 0.861. The summed E-state index contributed by atoms with van der Waals surface area (Å²) in [7, 11) is 1.51. The van der Waals surface area contributed by atoms with Gasteiger partial charge in [-0.15, -0.1) is 0 Å². The summed E-state index contributed by atoms with van der Waals surface area (Å²) in [5.41, 5.74) is 0.817. The van der Waals surface area contributed by atoms with Crippen LogP contribution in [0.5, 0.6) is 5.75 Å². The number of ether oxygens (including phenoxy) is 1. The first-order chi connectivity index (χ1) is 9.56. The number of hydrogen-bond donors (Lipinski definition) is 1. The molecule has 0 saturated heterocycles. The Labute approximate surface area is 119 Å². The van der Waals surface area contributed by atoms with Gasteiger partial charge in [0, 0.05) is 5.56 Å². The molecule has 0 bridgehead atoms. The highest BCUT2D eigenvalue weighted by Gasteiger charge is 2.14. The molecule has 1 N–H and O–H groups in total. The smallest absolute Gasteiger partial charge is 0.278 e. The van der Waals surface area contributed by atoms with E-state index in [9.17, 15) is 8.78 Å². The average Bonchev–Trinajstić information content (AvgIpc) is 2.46. The number of nitrogens with one attached hydrogen (secondary N) is 1. The molecular weight excluding hydrogens is 282 g/mol. The van der Waals surface area contributed by atoms with Crippen LogP contribution >= 0.6 is 12.2 Å². The molecule has 0 aliphatic rings. The predicted molar refractivity (Wildman–Crippen MR) is 73.3 cm³/mol. The van der Waals surface area contributed by atoms with E-state index in [0.29, 0.717) is 16.9 Å². The highest BCUT2D eigenvalue weighted by Crippen LogP contribution is 2.30. The highest BCUT2D eigenvalue weighted by atomic mass is 32.1. The number of hydrogen-bond acceptors (Lipinski definition) is 3. The number of aromatic amines is 1. The molecule has 2 rings (SSSR count). The van der Waals surface area contributed by atoms with Crippen molar-refractivity contribution >= 4 is 12.2 Å². The maximum absolute atomic E-state index is 12.8. The number of halogens is 2. The number of benzene rings is 1. The summed E-state index contributed by atoms with van der Waals surface area (Å²) in [4.78, 5) is 2.38. The van der Waals surface area contributed by atoms with Gasteiger partial charge in [0.05, 0.1) is 18.4 Å². The highest BCUT2D eigenvalue weighted by molar-refractivity contribution is 7.71. The molecule has 3 nitrogen and oxygen atoms in total. The topological polar surface area (TPSA) is 48.8 Å². The van der Waals surface area contributed by atoms with Crippen molar-refractivity contribution in [3.05, 3.63) is 46.2 Å². The predicted octanol–water partition coefficient (Wildman–Crippen LogP) is 4.23. The van der Waals surface area contributed by atoms with E-state index in [-0.39, 0.29) is 15.9 Å². The Morgan fingerprint density at radius 2 is 2.10 bits per heavy atom. The lowest BCUT2D eigenvalue weighted by molar-refractivity contribution is 0.146. The van der Waals surface area contributed by atoms with Crippen molar-refractivity contribution in [1.82, 2.24) is 4.98 Å². The summed E-state index contributed by atoms with van der Waals surface area (Å²) in [6, 6.07) is 10.0. The minimum atomic E-state index is -2.69. The molecular formula is C14H10F2N2OS. The first kappa shape index (κ1) is 14.2. The molecule has 0 aliphatic carbocycles. The largest absolute Gasteiger partial charge is 0.497 e. The Bertz CT molecular complexity index is 735. The van der Waals surface area contributed by atoms with Crippen LogP contribution in [0.15, 0.2) is 30.3 Å². The fraction of sp³-hybridized carbons (Fsp3) is 0.143. The van der Waals surface area contributed by atoms with E-state index < -0.39 is 6.43 Å². The Balaban J connectivity index is 2.71. The van der Waals surface area contributed by atoms with Gasteiger partial charge in [0.2, 0.25) is 0 Å². The van der Waals surface area contributed by atoms with Crippen molar-refractivity contribution in [2.45, 2.75) is 6.43 Å². The number of aromatic nitrogens is 1. The summed E-state index contributed by atoms with van der Waals surface area (Å²) >= 11 is 4.96. The number of rotatable bonds is 3. The van der Waals surface area contributed by atoms with Crippen LogP contribution < -0.4 is 4.74 Å². The zero-order valence-electron chi connectivity index (χ0n) is 10.5. The van der Waals surface area contributed by atoms with E-state index in [1.54, 1.807) is 24.3 Å². The van der Waals surface area contributed by atoms with Crippen LogP contribution in [0.2, 0.25) is 0 Å². The van der Waals surface area contributed by atoms with Crippen molar-refractivity contribution < 1.29 is 13.5 Å². The van der Waals surface area contributed by atoms with Crippen LogP contribution in [0.1, 0.15) is 17.7 Å². The van der Waals surface area contributed by atoms with Gasteiger partial charge < -0.3 is 9.72 Å². The van der Waals surface area contributed by atoms with Crippen LogP contribution in [0.25, 0.3) is 11.1 Å². The third kappa shape index (κ3) is 2.68. The SMILES string of the molecule is COc1cccc(-c2cc(C(F)F)[nH]c(=S)c2C#N)c1. The minimum Gasteiger partial charge on any atom is -0.497 e. The Hall–Kier alpha value is -2.26. The summed E-state index contributed by atoms with van der Waals surface area (Å²) in [6.07, 6.45) is -2.69. The molecule has 0 saturated carbocycles. The number of alkyl halides is 2. The van der Waals surface area contributed by atoms with Crippen molar-refractivity contribution in [3.63, 3.8) is 0 Å². The van der Waals surface area contributed by atoms with Gasteiger partial charge >= 0.3 is 0 Å². The number of methoxy groups -OCH3 is 1. The Morgan fingerprint density at radius 1 is 1.35 bits per heavy atom. The van der Waals surface area contributed by atoms with Crippen LogP contribution in [-0.2, 0) is 0 Å².